The molecule has 0 fully saturated rings. The maximum atomic E-state index is 12.9. The van der Waals surface area contributed by atoms with Crippen molar-refractivity contribution in [3.05, 3.63) is 53.8 Å². The first-order valence-electron chi connectivity index (χ1n) is 5.04. The number of ether oxygens (including phenoxy) is 1. The molecule has 0 heterocycles. The summed E-state index contributed by atoms with van der Waals surface area (Å²) in [6.07, 6.45) is 0. The Kier molecular flexibility index (Phi) is 3.14. The highest BCUT2D eigenvalue weighted by Gasteiger charge is 2.02. The first kappa shape index (κ1) is 11.3. The number of benzene rings is 2. The number of phenols is 2. The fraction of sp³-hybridized carbons (Fsp3) is 0.0769. The maximum absolute atomic E-state index is 12.9. The molecule has 0 saturated heterocycles. The van der Waals surface area contributed by atoms with Crippen molar-refractivity contribution in [3.63, 3.8) is 0 Å². The normalized spacial score (nSPS) is 10.2. The Morgan fingerprint density at radius 1 is 1.00 bits per heavy atom. The molecule has 0 amide bonds. The predicted octanol–water partition coefficient (Wildman–Crippen LogP) is 2.82. The average molecular weight is 234 g/mol. The molecule has 0 aliphatic rings. The van der Waals surface area contributed by atoms with Gasteiger partial charge in [0.2, 0.25) is 0 Å². The van der Waals surface area contributed by atoms with Crippen molar-refractivity contribution in [2.24, 2.45) is 0 Å². The molecule has 2 N–H and O–H groups in total. The van der Waals surface area contributed by atoms with Gasteiger partial charge in [-0.15, -0.1) is 0 Å². The van der Waals surface area contributed by atoms with Gasteiger partial charge in [0.25, 0.3) is 0 Å². The van der Waals surface area contributed by atoms with Crippen molar-refractivity contribution in [3.8, 4) is 17.2 Å². The lowest BCUT2D eigenvalue weighted by Gasteiger charge is -2.07. The van der Waals surface area contributed by atoms with E-state index in [-0.39, 0.29) is 23.9 Å². The van der Waals surface area contributed by atoms with Crippen LogP contribution in [0.1, 0.15) is 5.56 Å². The van der Waals surface area contributed by atoms with Crippen LogP contribution in [0.15, 0.2) is 42.5 Å². The van der Waals surface area contributed by atoms with Gasteiger partial charge in [-0.05, 0) is 29.8 Å². The quantitative estimate of drug-likeness (QED) is 0.803. The van der Waals surface area contributed by atoms with Gasteiger partial charge in [-0.2, -0.15) is 0 Å². The lowest BCUT2D eigenvalue weighted by Crippen LogP contribution is -1.95. The van der Waals surface area contributed by atoms with E-state index in [2.05, 4.69) is 0 Å². The fourth-order valence-corrected chi connectivity index (χ4v) is 1.38. The predicted molar refractivity (Wildman–Crippen MR) is 60.5 cm³/mol. The second-order valence-corrected chi connectivity index (χ2v) is 3.57. The minimum atomic E-state index is -0.365. The van der Waals surface area contributed by atoms with Crippen LogP contribution in [0.4, 0.5) is 4.39 Å². The smallest absolute Gasteiger partial charge is 0.157 e. The number of rotatable bonds is 3. The zero-order chi connectivity index (χ0) is 12.3. The zero-order valence-corrected chi connectivity index (χ0v) is 8.93. The van der Waals surface area contributed by atoms with Gasteiger partial charge in [-0.1, -0.05) is 12.1 Å². The third-order valence-corrected chi connectivity index (χ3v) is 2.24. The first-order valence-corrected chi connectivity index (χ1v) is 5.04. The number of hydrogen-bond acceptors (Lipinski definition) is 3. The Morgan fingerprint density at radius 2 is 1.82 bits per heavy atom. The number of aromatic hydroxyl groups is 2. The van der Waals surface area contributed by atoms with Crippen LogP contribution in [0, 0.1) is 5.82 Å². The molecule has 0 bridgehead atoms. The molecule has 2 aromatic carbocycles. The molecule has 0 spiro atoms. The molecule has 17 heavy (non-hydrogen) atoms. The molecular weight excluding hydrogens is 223 g/mol. The fourth-order valence-electron chi connectivity index (χ4n) is 1.38. The molecule has 0 radical (unpaired) electrons. The van der Waals surface area contributed by atoms with Crippen LogP contribution in [0.3, 0.4) is 0 Å². The molecule has 88 valence electrons. The highest BCUT2D eigenvalue weighted by molar-refractivity contribution is 5.40. The summed E-state index contributed by atoms with van der Waals surface area (Å²) in [6.45, 7) is 0.192. The summed E-state index contributed by atoms with van der Waals surface area (Å²) in [7, 11) is 0. The summed E-state index contributed by atoms with van der Waals surface area (Å²) in [6, 6.07) is 10.2. The lowest BCUT2D eigenvalue weighted by molar-refractivity contribution is 0.303. The first-order chi connectivity index (χ1) is 8.15. The highest BCUT2D eigenvalue weighted by atomic mass is 19.1. The standard InChI is InChI=1S/C13H11FO3/c14-10-2-1-3-11(7-10)17-8-9-4-5-12(15)13(16)6-9/h1-7,15-16H,8H2. The minimum Gasteiger partial charge on any atom is -0.504 e. The Bertz CT molecular complexity index is 526. The SMILES string of the molecule is Oc1ccc(COc2cccc(F)c2)cc1O. The summed E-state index contributed by atoms with van der Waals surface area (Å²) in [5, 5.41) is 18.4. The zero-order valence-electron chi connectivity index (χ0n) is 8.93. The van der Waals surface area contributed by atoms with Crippen LogP contribution < -0.4 is 4.74 Å². The van der Waals surface area contributed by atoms with Crippen LogP contribution in [-0.4, -0.2) is 10.2 Å². The summed E-state index contributed by atoms with van der Waals surface area (Å²) in [4.78, 5) is 0. The Morgan fingerprint density at radius 3 is 2.53 bits per heavy atom. The van der Waals surface area contributed by atoms with Gasteiger partial charge in [0, 0.05) is 6.07 Å². The molecule has 0 unspecified atom stereocenters. The molecule has 0 saturated carbocycles. The van der Waals surface area contributed by atoms with Crippen molar-refractivity contribution in [2.75, 3.05) is 0 Å². The molecule has 0 atom stereocenters. The molecule has 0 aliphatic heterocycles. The van der Waals surface area contributed by atoms with Crippen molar-refractivity contribution >= 4 is 0 Å². The van der Waals surface area contributed by atoms with Gasteiger partial charge in [-0.25, -0.2) is 4.39 Å². The van der Waals surface area contributed by atoms with E-state index in [9.17, 15) is 9.50 Å². The second-order valence-electron chi connectivity index (χ2n) is 3.57. The van der Waals surface area contributed by atoms with Crippen LogP contribution >= 0.6 is 0 Å². The number of phenolic OH excluding ortho intramolecular Hbond substituents is 2. The van der Waals surface area contributed by atoms with E-state index >= 15 is 0 Å². The van der Waals surface area contributed by atoms with Gasteiger partial charge in [0.1, 0.15) is 18.2 Å². The van der Waals surface area contributed by atoms with E-state index in [0.717, 1.165) is 0 Å². The summed E-state index contributed by atoms with van der Waals surface area (Å²) in [5.74, 6) is -0.335. The highest BCUT2D eigenvalue weighted by Crippen LogP contribution is 2.25. The monoisotopic (exact) mass is 234 g/mol. The van der Waals surface area contributed by atoms with E-state index in [0.29, 0.717) is 11.3 Å². The Hall–Kier alpha value is -2.23. The van der Waals surface area contributed by atoms with E-state index < -0.39 is 0 Å². The lowest BCUT2D eigenvalue weighted by atomic mass is 10.2. The van der Waals surface area contributed by atoms with Gasteiger partial charge in [-0.3, -0.25) is 0 Å². The van der Waals surface area contributed by atoms with Gasteiger partial charge >= 0.3 is 0 Å². The second kappa shape index (κ2) is 4.74. The molecule has 4 heteroatoms. The van der Waals surface area contributed by atoms with Crippen LogP contribution in [-0.2, 0) is 6.61 Å². The molecule has 3 nitrogen and oxygen atoms in total. The minimum absolute atomic E-state index is 0.181. The van der Waals surface area contributed by atoms with Crippen molar-refractivity contribution in [2.45, 2.75) is 6.61 Å². The summed E-state index contributed by atoms with van der Waals surface area (Å²) in [5.41, 5.74) is 0.685. The largest absolute Gasteiger partial charge is 0.504 e. The molecular formula is C13H11FO3. The third kappa shape index (κ3) is 2.87. The van der Waals surface area contributed by atoms with E-state index in [4.69, 9.17) is 9.84 Å². The van der Waals surface area contributed by atoms with Gasteiger partial charge in [0.15, 0.2) is 11.5 Å². The molecule has 0 aliphatic carbocycles. The van der Waals surface area contributed by atoms with Crippen molar-refractivity contribution < 1.29 is 19.3 Å². The van der Waals surface area contributed by atoms with Crippen LogP contribution in [0.2, 0.25) is 0 Å². The van der Waals surface area contributed by atoms with E-state index in [1.165, 1.54) is 24.3 Å². The average Bonchev–Trinajstić information content (AvgIpc) is 2.31. The Balaban J connectivity index is 2.05. The number of hydrogen-bond donors (Lipinski definition) is 2. The third-order valence-electron chi connectivity index (χ3n) is 2.24. The van der Waals surface area contributed by atoms with E-state index in [1.807, 2.05) is 0 Å². The maximum Gasteiger partial charge on any atom is 0.157 e. The van der Waals surface area contributed by atoms with Crippen LogP contribution in [0.5, 0.6) is 17.2 Å². The molecule has 2 rings (SSSR count). The topological polar surface area (TPSA) is 49.7 Å². The van der Waals surface area contributed by atoms with Gasteiger partial charge < -0.3 is 14.9 Å². The summed E-state index contributed by atoms with van der Waals surface area (Å²) >= 11 is 0. The van der Waals surface area contributed by atoms with Crippen molar-refractivity contribution in [1.82, 2.24) is 0 Å². The molecule has 2 aromatic rings. The molecule has 0 aromatic heterocycles. The van der Waals surface area contributed by atoms with Gasteiger partial charge in [0.05, 0.1) is 0 Å². The number of halogens is 1. The Labute approximate surface area is 97.7 Å². The van der Waals surface area contributed by atoms with Crippen molar-refractivity contribution in [1.29, 1.82) is 0 Å². The summed E-state index contributed by atoms with van der Waals surface area (Å²) < 4.78 is 18.2. The van der Waals surface area contributed by atoms with E-state index in [1.54, 1.807) is 18.2 Å². The van der Waals surface area contributed by atoms with Crippen LogP contribution in [0.25, 0.3) is 0 Å².